The monoisotopic (exact) mass is 335 g/mol. The summed E-state index contributed by atoms with van der Waals surface area (Å²) in [4.78, 5) is 2.37. The van der Waals surface area contributed by atoms with Gasteiger partial charge in [-0.05, 0) is 69.5 Å². The molecule has 1 fully saturated rings. The van der Waals surface area contributed by atoms with Crippen LogP contribution in [0, 0.1) is 45.9 Å². The van der Waals surface area contributed by atoms with Crippen LogP contribution in [0.3, 0.4) is 0 Å². The van der Waals surface area contributed by atoms with Crippen LogP contribution in [0.4, 0.5) is 0 Å². The highest BCUT2D eigenvalue weighted by Gasteiger charge is 2.37. The Kier molecular flexibility index (Phi) is 4.86. The molecule has 0 aliphatic carbocycles. The van der Waals surface area contributed by atoms with E-state index < -0.39 is 16.1 Å². The molecule has 2 rings (SSSR count). The molecule has 1 heterocycles. The van der Waals surface area contributed by atoms with Crippen LogP contribution in [0.1, 0.15) is 27.8 Å². The van der Waals surface area contributed by atoms with Crippen LogP contribution >= 0.6 is 0 Å². The van der Waals surface area contributed by atoms with Crippen LogP contribution < -0.4 is 0 Å². The third-order valence-corrected chi connectivity index (χ3v) is 7.36. The minimum atomic E-state index is -3.69. The van der Waals surface area contributed by atoms with E-state index in [2.05, 4.69) is 6.07 Å². The van der Waals surface area contributed by atoms with Crippen LogP contribution in [0.15, 0.2) is 4.90 Å². The van der Waals surface area contributed by atoms with Gasteiger partial charge in [-0.1, -0.05) is 0 Å². The van der Waals surface area contributed by atoms with Crippen molar-refractivity contribution in [3.63, 3.8) is 0 Å². The van der Waals surface area contributed by atoms with Gasteiger partial charge in [0.2, 0.25) is 10.0 Å². The van der Waals surface area contributed by atoms with Crippen LogP contribution in [-0.4, -0.2) is 50.3 Å². The number of hydrogen-bond donors (Lipinski definition) is 0. The van der Waals surface area contributed by atoms with Gasteiger partial charge in [-0.25, -0.2) is 8.42 Å². The summed E-state index contributed by atoms with van der Waals surface area (Å²) in [6, 6.07) is 1.51. The first-order valence-electron chi connectivity index (χ1n) is 7.79. The fourth-order valence-electron chi connectivity index (χ4n) is 3.27. The summed E-state index contributed by atoms with van der Waals surface area (Å²) in [5.74, 6) is 0. The van der Waals surface area contributed by atoms with Crippen molar-refractivity contribution in [1.29, 1.82) is 5.26 Å². The van der Waals surface area contributed by atoms with Crippen molar-refractivity contribution < 1.29 is 8.42 Å². The zero-order chi connectivity index (χ0) is 17.5. The summed E-state index contributed by atoms with van der Waals surface area (Å²) in [6.07, 6.45) is 0. The lowest BCUT2D eigenvalue weighted by Crippen LogP contribution is -2.53. The molecule has 1 saturated heterocycles. The Hall–Kier alpha value is -1.42. The highest BCUT2D eigenvalue weighted by molar-refractivity contribution is 7.89. The van der Waals surface area contributed by atoms with Crippen molar-refractivity contribution in [3.05, 3.63) is 27.8 Å². The quantitative estimate of drug-likeness (QED) is 0.830. The molecular weight excluding hydrogens is 310 g/mol. The van der Waals surface area contributed by atoms with Gasteiger partial charge in [0, 0.05) is 19.6 Å². The van der Waals surface area contributed by atoms with Gasteiger partial charge in [-0.3, -0.25) is 0 Å². The molecule has 0 aromatic heterocycles. The first-order chi connectivity index (χ1) is 10.6. The van der Waals surface area contributed by atoms with Gasteiger partial charge in [-0.15, -0.1) is 0 Å². The normalized spacial score (nSPS) is 20.5. The molecule has 0 saturated carbocycles. The van der Waals surface area contributed by atoms with E-state index in [0.717, 1.165) is 27.8 Å². The maximum atomic E-state index is 13.3. The molecule has 1 aliphatic rings. The first kappa shape index (κ1) is 17.9. The molecule has 6 heteroatoms. The lowest BCUT2D eigenvalue weighted by atomic mass is 9.95. The molecule has 5 nitrogen and oxygen atoms in total. The Morgan fingerprint density at radius 3 is 1.91 bits per heavy atom. The number of rotatable bonds is 2. The van der Waals surface area contributed by atoms with Gasteiger partial charge < -0.3 is 4.90 Å². The predicted molar refractivity (Wildman–Crippen MR) is 90.9 cm³/mol. The van der Waals surface area contributed by atoms with E-state index >= 15 is 0 Å². The van der Waals surface area contributed by atoms with Gasteiger partial charge in [0.1, 0.15) is 6.04 Å². The zero-order valence-corrected chi connectivity index (χ0v) is 15.6. The maximum Gasteiger partial charge on any atom is 0.244 e. The predicted octanol–water partition coefficient (Wildman–Crippen LogP) is 2.06. The van der Waals surface area contributed by atoms with Crippen molar-refractivity contribution in [3.8, 4) is 6.07 Å². The fourth-order valence-corrected chi connectivity index (χ4v) is 5.35. The molecule has 0 radical (unpaired) electrons. The highest BCUT2D eigenvalue weighted by Crippen LogP contribution is 2.32. The summed E-state index contributed by atoms with van der Waals surface area (Å²) >= 11 is 0. The molecule has 0 amide bonds. The number of sulfonamides is 1. The van der Waals surface area contributed by atoms with Crippen molar-refractivity contribution in [2.75, 3.05) is 26.7 Å². The van der Waals surface area contributed by atoms with E-state index in [1.54, 1.807) is 0 Å². The first-order valence-corrected chi connectivity index (χ1v) is 9.23. The Morgan fingerprint density at radius 2 is 1.43 bits per heavy atom. The van der Waals surface area contributed by atoms with Gasteiger partial charge in [0.05, 0.1) is 11.0 Å². The molecule has 1 unspecified atom stereocenters. The minimum absolute atomic E-state index is 0.349. The topological polar surface area (TPSA) is 64.4 Å². The van der Waals surface area contributed by atoms with Crippen LogP contribution in [0.2, 0.25) is 0 Å². The van der Waals surface area contributed by atoms with E-state index in [-0.39, 0.29) is 0 Å². The Labute approximate surface area is 139 Å². The Morgan fingerprint density at radius 1 is 0.957 bits per heavy atom. The Bertz CT molecular complexity index is 749. The molecule has 1 aromatic carbocycles. The van der Waals surface area contributed by atoms with Crippen molar-refractivity contribution in [2.24, 2.45) is 0 Å². The average molecular weight is 335 g/mol. The number of benzene rings is 1. The lowest BCUT2D eigenvalue weighted by molar-refractivity contribution is 0.189. The molecular formula is C17H25N3O2S. The van der Waals surface area contributed by atoms with Crippen LogP contribution in [0.5, 0.6) is 0 Å². The smallest absolute Gasteiger partial charge is 0.244 e. The van der Waals surface area contributed by atoms with E-state index in [4.69, 9.17) is 0 Å². The number of piperazine rings is 1. The second-order valence-corrected chi connectivity index (χ2v) is 8.30. The Balaban J connectivity index is 2.64. The molecule has 0 spiro atoms. The number of nitrogens with zero attached hydrogens (tertiary/aromatic N) is 3. The third-order valence-electron chi connectivity index (χ3n) is 5.18. The largest absolute Gasteiger partial charge is 0.302 e. The summed E-state index contributed by atoms with van der Waals surface area (Å²) < 4.78 is 27.9. The average Bonchev–Trinajstić information content (AvgIpc) is 2.50. The van der Waals surface area contributed by atoms with Crippen molar-refractivity contribution in [1.82, 2.24) is 9.21 Å². The van der Waals surface area contributed by atoms with Gasteiger partial charge in [0.15, 0.2) is 0 Å². The summed E-state index contributed by atoms with van der Waals surface area (Å²) in [7, 11) is -1.78. The molecule has 126 valence electrons. The lowest BCUT2D eigenvalue weighted by Gasteiger charge is -2.36. The molecule has 1 aromatic rings. The van der Waals surface area contributed by atoms with E-state index in [9.17, 15) is 13.7 Å². The van der Waals surface area contributed by atoms with E-state index in [1.807, 2.05) is 46.6 Å². The number of hydrogen-bond acceptors (Lipinski definition) is 4. The molecule has 23 heavy (non-hydrogen) atoms. The number of likely N-dealkylation sites (N-methyl/N-ethyl adjacent to an activating group) is 1. The maximum absolute atomic E-state index is 13.3. The van der Waals surface area contributed by atoms with Gasteiger partial charge >= 0.3 is 0 Å². The van der Waals surface area contributed by atoms with Gasteiger partial charge in [-0.2, -0.15) is 9.57 Å². The second-order valence-electron chi connectivity index (χ2n) is 6.48. The second kappa shape index (κ2) is 6.23. The van der Waals surface area contributed by atoms with E-state index in [1.165, 1.54) is 4.31 Å². The summed E-state index contributed by atoms with van der Waals surface area (Å²) in [5.41, 5.74) is 4.74. The van der Waals surface area contributed by atoms with Crippen molar-refractivity contribution >= 4 is 10.0 Å². The molecule has 1 aliphatic heterocycles. The fraction of sp³-hybridized carbons (Fsp3) is 0.588. The standard InChI is InChI=1S/C17H25N3O2S/c1-11-12(2)14(4)17(15(5)13(11)3)23(21,22)20-8-7-19(6)10-16(20)9-18/h16H,7-8,10H2,1-6H3. The molecule has 0 bridgehead atoms. The summed E-state index contributed by atoms with van der Waals surface area (Å²) in [6.45, 7) is 11.1. The minimum Gasteiger partial charge on any atom is -0.302 e. The van der Waals surface area contributed by atoms with Crippen LogP contribution in [0.25, 0.3) is 0 Å². The third kappa shape index (κ3) is 2.89. The van der Waals surface area contributed by atoms with Gasteiger partial charge in [0.25, 0.3) is 0 Å². The highest BCUT2D eigenvalue weighted by atomic mass is 32.2. The zero-order valence-electron chi connectivity index (χ0n) is 14.8. The SMILES string of the molecule is Cc1c(C)c(C)c(S(=O)(=O)N2CCN(C)CC2C#N)c(C)c1C. The summed E-state index contributed by atoms with van der Waals surface area (Å²) in [5, 5.41) is 9.40. The molecule has 1 atom stereocenters. The molecule has 0 N–H and O–H groups in total. The van der Waals surface area contributed by atoms with Crippen LogP contribution in [-0.2, 0) is 10.0 Å². The van der Waals surface area contributed by atoms with E-state index in [0.29, 0.717) is 24.5 Å². The van der Waals surface area contributed by atoms with Crippen molar-refractivity contribution in [2.45, 2.75) is 45.6 Å². The number of nitriles is 1.